The van der Waals surface area contributed by atoms with Crippen LogP contribution in [0.3, 0.4) is 0 Å². The highest BCUT2D eigenvalue weighted by molar-refractivity contribution is 6.00. The predicted octanol–water partition coefficient (Wildman–Crippen LogP) is 0.954. The summed E-state index contributed by atoms with van der Waals surface area (Å²) in [6, 6.07) is 8.76. The summed E-state index contributed by atoms with van der Waals surface area (Å²) in [6.07, 6.45) is 4.54. The van der Waals surface area contributed by atoms with Crippen LogP contribution in [0.25, 0.3) is 0 Å². The van der Waals surface area contributed by atoms with Gasteiger partial charge in [-0.15, -0.1) is 0 Å². The van der Waals surface area contributed by atoms with E-state index in [1.54, 1.807) is 18.3 Å². The molecule has 1 aromatic carbocycles. The maximum atomic E-state index is 12.6. The Labute approximate surface area is 163 Å². The van der Waals surface area contributed by atoms with Crippen molar-refractivity contribution in [2.45, 2.75) is 38.0 Å². The second-order valence-corrected chi connectivity index (χ2v) is 7.35. The number of aromatic nitrogens is 2. The Morgan fingerprint density at radius 2 is 2.14 bits per heavy atom. The van der Waals surface area contributed by atoms with Crippen molar-refractivity contribution in [2.24, 2.45) is 5.92 Å². The fraction of sp³-hybridized carbons (Fsp3) is 0.450. The maximum absolute atomic E-state index is 12.6. The first-order valence-corrected chi connectivity index (χ1v) is 9.57. The number of rotatable bonds is 5. The number of aliphatic hydroxyl groups excluding tert-OH is 1. The first-order chi connectivity index (χ1) is 13.6. The van der Waals surface area contributed by atoms with Gasteiger partial charge in [0.2, 0.25) is 11.8 Å². The highest BCUT2D eigenvalue weighted by Gasteiger charge is 2.35. The van der Waals surface area contributed by atoms with Crippen LogP contribution in [0, 0.1) is 5.92 Å². The van der Waals surface area contributed by atoms with Gasteiger partial charge in [0.1, 0.15) is 12.3 Å². The number of benzene rings is 1. The molecule has 2 amide bonds. The second kappa shape index (κ2) is 8.02. The zero-order valence-electron chi connectivity index (χ0n) is 15.5. The van der Waals surface area contributed by atoms with Gasteiger partial charge in [-0.25, -0.2) is 0 Å². The van der Waals surface area contributed by atoms with Crippen molar-refractivity contribution >= 4 is 17.5 Å². The molecule has 8 heteroatoms. The van der Waals surface area contributed by atoms with Crippen molar-refractivity contribution < 1.29 is 19.4 Å². The highest BCUT2D eigenvalue weighted by atomic mass is 16.5. The molecule has 0 radical (unpaired) electrons. The first-order valence-electron chi connectivity index (χ1n) is 9.57. The van der Waals surface area contributed by atoms with Crippen molar-refractivity contribution in [1.29, 1.82) is 0 Å². The zero-order chi connectivity index (χ0) is 19.5. The Bertz CT molecular complexity index is 838. The summed E-state index contributed by atoms with van der Waals surface area (Å²) in [5.41, 5.74) is 0.601. The predicted molar refractivity (Wildman–Crippen MR) is 102 cm³/mol. The minimum absolute atomic E-state index is 0.0910. The lowest BCUT2D eigenvalue weighted by atomic mass is 10.1. The van der Waals surface area contributed by atoms with Crippen LogP contribution in [0.2, 0.25) is 0 Å². The number of carbonyl (C=O) groups is 2. The van der Waals surface area contributed by atoms with E-state index in [1.165, 1.54) is 4.90 Å². The average molecular weight is 384 g/mol. The van der Waals surface area contributed by atoms with Gasteiger partial charge >= 0.3 is 0 Å². The van der Waals surface area contributed by atoms with Crippen LogP contribution in [0.5, 0.6) is 5.75 Å². The molecule has 0 saturated heterocycles. The number of aliphatic hydroxyl groups is 1. The van der Waals surface area contributed by atoms with Gasteiger partial charge in [0.25, 0.3) is 0 Å². The molecule has 1 aliphatic heterocycles. The van der Waals surface area contributed by atoms with Crippen molar-refractivity contribution in [2.75, 3.05) is 18.1 Å². The highest BCUT2D eigenvalue weighted by Crippen LogP contribution is 2.31. The fourth-order valence-electron chi connectivity index (χ4n) is 3.98. The molecule has 8 nitrogen and oxygen atoms in total. The number of para-hydroxylation sites is 2. The molecule has 2 aliphatic rings. The van der Waals surface area contributed by atoms with Gasteiger partial charge in [-0.3, -0.25) is 19.2 Å². The Morgan fingerprint density at radius 1 is 1.29 bits per heavy atom. The molecule has 0 spiro atoms. The van der Waals surface area contributed by atoms with Gasteiger partial charge in [-0.2, -0.15) is 5.10 Å². The third-order valence-electron chi connectivity index (χ3n) is 5.31. The van der Waals surface area contributed by atoms with E-state index in [9.17, 15) is 14.7 Å². The minimum Gasteiger partial charge on any atom is -0.491 e. The van der Waals surface area contributed by atoms with Crippen molar-refractivity contribution in [1.82, 2.24) is 15.1 Å². The molecular weight excluding hydrogens is 360 g/mol. The number of anilines is 1. The summed E-state index contributed by atoms with van der Waals surface area (Å²) in [7, 11) is 0. The third kappa shape index (κ3) is 4.01. The van der Waals surface area contributed by atoms with Crippen molar-refractivity contribution in [3.8, 4) is 5.75 Å². The molecule has 2 heterocycles. The van der Waals surface area contributed by atoms with Gasteiger partial charge in [-0.1, -0.05) is 12.1 Å². The first kappa shape index (κ1) is 18.5. The second-order valence-electron chi connectivity index (χ2n) is 7.35. The van der Waals surface area contributed by atoms with Crippen LogP contribution in [0.15, 0.2) is 42.7 Å². The van der Waals surface area contributed by atoms with Crippen LogP contribution in [-0.4, -0.2) is 52.0 Å². The third-order valence-corrected chi connectivity index (χ3v) is 5.31. The standard InChI is InChI=1S/C20H24N4O4/c25-17-11-14(12-23-8-3-7-21-23)10-15(17)22-19(26)13-24-16-4-1-2-5-18(16)28-9-6-20(24)27/h1-5,7-8,14-15,17,25H,6,9-13H2,(H,22,26)/t14?,15-,17-/m1/s1. The number of nitrogens with zero attached hydrogens (tertiary/aromatic N) is 3. The average Bonchev–Trinajstić information content (AvgIpc) is 3.26. The Hall–Kier alpha value is -2.87. The Balaban J connectivity index is 1.38. The number of hydrogen-bond donors (Lipinski definition) is 2. The molecular formula is C20H24N4O4. The summed E-state index contributed by atoms with van der Waals surface area (Å²) in [6.45, 7) is 0.919. The maximum Gasteiger partial charge on any atom is 0.240 e. The lowest BCUT2D eigenvalue weighted by molar-refractivity contribution is -0.124. The summed E-state index contributed by atoms with van der Waals surface area (Å²) >= 11 is 0. The van der Waals surface area contributed by atoms with Crippen LogP contribution < -0.4 is 15.0 Å². The molecule has 2 aromatic rings. The largest absolute Gasteiger partial charge is 0.491 e. The van der Waals surface area contributed by atoms with Gasteiger partial charge in [-0.05, 0) is 37.0 Å². The number of hydrogen-bond acceptors (Lipinski definition) is 5. The molecule has 1 saturated carbocycles. The van der Waals surface area contributed by atoms with E-state index >= 15 is 0 Å². The smallest absolute Gasteiger partial charge is 0.240 e. The van der Waals surface area contributed by atoms with Gasteiger partial charge in [0.05, 0.1) is 30.9 Å². The van der Waals surface area contributed by atoms with E-state index in [0.717, 1.165) is 0 Å². The molecule has 0 bridgehead atoms. The summed E-state index contributed by atoms with van der Waals surface area (Å²) < 4.78 is 7.44. The molecule has 28 heavy (non-hydrogen) atoms. The van der Waals surface area contributed by atoms with Crippen LogP contribution in [0.1, 0.15) is 19.3 Å². The van der Waals surface area contributed by atoms with Crippen LogP contribution in [0.4, 0.5) is 5.69 Å². The number of carbonyl (C=O) groups excluding carboxylic acids is 2. The molecule has 2 N–H and O–H groups in total. The van der Waals surface area contributed by atoms with E-state index < -0.39 is 6.10 Å². The van der Waals surface area contributed by atoms with E-state index in [-0.39, 0.29) is 36.7 Å². The lowest BCUT2D eigenvalue weighted by Crippen LogP contribution is -2.46. The van der Waals surface area contributed by atoms with Gasteiger partial charge in [0.15, 0.2) is 0 Å². The monoisotopic (exact) mass is 384 g/mol. The van der Waals surface area contributed by atoms with Crippen molar-refractivity contribution in [3.63, 3.8) is 0 Å². The number of nitrogens with one attached hydrogen (secondary N) is 1. The van der Waals surface area contributed by atoms with Gasteiger partial charge in [0, 0.05) is 18.9 Å². The topological polar surface area (TPSA) is 96.7 Å². The normalized spacial score (nSPS) is 24.4. The SMILES string of the molecule is O=C(CN1C(=O)CCOc2ccccc21)N[C@@H]1CC(Cn2cccn2)C[C@H]1O. The molecule has 148 valence electrons. The molecule has 1 aliphatic carbocycles. The fourth-order valence-corrected chi connectivity index (χ4v) is 3.98. The number of amides is 2. The van der Waals surface area contributed by atoms with E-state index in [1.807, 2.05) is 29.1 Å². The number of ether oxygens (including phenoxy) is 1. The van der Waals surface area contributed by atoms with Gasteiger partial charge < -0.3 is 15.2 Å². The summed E-state index contributed by atoms with van der Waals surface area (Å²) in [4.78, 5) is 26.5. The quantitative estimate of drug-likeness (QED) is 0.800. The number of fused-ring (bicyclic) bond motifs is 1. The zero-order valence-corrected chi connectivity index (χ0v) is 15.5. The molecule has 4 rings (SSSR count). The molecule has 1 unspecified atom stereocenters. The summed E-state index contributed by atoms with van der Waals surface area (Å²) in [5, 5.41) is 17.5. The molecule has 1 fully saturated rings. The Morgan fingerprint density at radius 3 is 2.96 bits per heavy atom. The van der Waals surface area contributed by atoms with Crippen LogP contribution in [-0.2, 0) is 16.1 Å². The molecule has 3 atom stereocenters. The lowest BCUT2D eigenvalue weighted by Gasteiger charge is -2.23. The minimum atomic E-state index is -0.597. The van der Waals surface area contributed by atoms with E-state index in [0.29, 0.717) is 37.4 Å². The Kier molecular flexibility index (Phi) is 5.29. The van der Waals surface area contributed by atoms with Crippen LogP contribution >= 0.6 is 0 Å². The summed E-state index contributed by atoms with van der Waals surface area (Å²) in [5.74, 6) is 0.410. The van der Waals surface area contributed by atoms with E-state index in [2.05, 4.69) is 10.4 Å². The molecule has 1 aromatic heterocycles. The van der Waals surface area contributed by atoms with E-state index in [4.69, 9.17) is 4.74 Å². The van der Waals surface area contributed by atoms with Crippen molar-refractivity contribution in [3.05, 3.63) is 42.7 Å².